The van der Waals surface area contributed by atoms with Crippen LogP contribution in [-0.2, 0) is 0 Å². The van der Waals surface area contributed by atoms with E-state index in [1.54, 1.807) is 23.7 Å². The molecule has 0 saturated carbocycles. The van der Waals surface area contributed by atoms with E-state index >= 15 is 0 Å². The minimum atomic E-state index is -0.228. The van der Waals surface area contributed by atoms with Gasteiger partial charge in [-0.25, -0.2) is 9.37 Å². The highest BCUT2D eigenvalue weighted by molar-refractivity contribution is 7.03. The highest BCUT2D eigenvalue weighted by Crippen LogP contribution is 2.07. The number of nitrogens with zero attached hydrogens (tertiary/aromatic N) is 2. The first-order chi connectivity index (χ1) is 6.84. The Morgan fingerprint density at radius 3 is 2.57 bits per heavy atom. The standard InChI is InChI=1S/C10H7FN2S/c11-9-4-1-8(2-5-9)3-6-10-12-7-14-13-10/h1-7H. The van der Waals surface area contributed by atoms with Gasteiger partial charge >= 0.3 is 0 Å². The number of benzene rings is 1. The van der Waals surface area contributed by atoms with Crippen molar-refractivity contribution in [3.8, 4) is 0 Å². The Bertz CT molecular complexity index is 420. The van der Waals surface area contributed by atoms with E-state index in [9.17, 15) is 4.39 Å². The Kier molecular flexibility index (Phi) is 2.65. The summed E-state index contributed by atoms with van der Waals surface area (Å²) in [5.41, 5.74) is 2.60. The fourth-order valence-electron chi connectivity index (χ4n) is 0.997. The molecule has 0 aliphatic rings. The van der Waals surface area contributed by atoms with E-state index < -0.39 is 0 Å². The Hall–Kier alpha value is -1.55. The first-order valence-corrected chi connectivity index (χ1v) is 4.88. The van der Waals surface area contributed by atoms with Crippen LogP contribution in [0.5, 0.6) is 0 Å². The molecule has 0 aliphatic carbocycles. The van der Waals surface area contributed by atoms with E-state index in [4.69, 9.17) is 0 Å². The average molecular weight is 206 g/mol. The molecule has 2 nitrogen and oxygen atoms in total. The molecule has 0 fully saturated rings. The maximum absolute atomic E-state index is 12.6. The normalized spacial score (nSPS) is 10.9. The third-order valence-electron chi connectivity index (χ3n) is 1.67. The molecule has 2 rings (SSSR count). The first-order valence-electron chi connectivity index (χ1n) is 4.04. The van der Waals surface area contributed by atoms with Crippen LogP contribution in [0.1, 0.15) is 11.4 Å². The maximum atomic E-state index is 12.6. The zero-order chi connectivity index (χ0) is 9.80. The second kappa shape index (κ2) is 4.11. The van der Waals surface area contributed by atoms with Gasteiger partial charge in [0.05, 0.1) is 0 Å². The van der Waals surface area contributed by atoms with Gasteiger partial charge in [0.2, 0.25) is 0 Å². The lowest BCUT2D eigenvalue weighted by Crippen LogP contribution is -1.75. The number of rotatable bonds is 2. The third-order valence-corrected chi connectivity index (χ3v) is 2.17. The average Bonchev–Trinajstić information content (AvgIpc) is 2.70. The van der Waals surface area contributed by atoms with Crippen LogP contribution in [0.4, 0.5) is 4.39 Å². The summed E-state index contributed by atoms with van der Waals surface area (Å²) in [5.74, 6) is 0.452. The predicted octanol–water partition coefficient (Wildman–Crippen LogP) is 2.85. The Labute approximate surface area is 84.9 Å². The molecule has 4 heteroatoms. The second-order valence-corrected chi connectivity index (χ2v) is 3.28. The topological polar surface area (TPSA) is 25.8 Å². The van der Waals surface area contributed by atoms with Crippen molar-refractivity contribution < 1.29 is 4.39 Å². The molecule has 14 heavy (non-hydrogen) atoms. The SMILES string of the molecule is Fc1ccc(C=Cc2ncsn2)cc1. The summed E-state index contributed by atoms with van der Waals surface area (Å²) in [6, 6.07) is 6.26. The summed E-state index contributed by atoms with van der Waals surface area (Å²) in [7, 11) is 0. The molecule has 0 radical (unpaired) electrons. The minimum absolute atomic E-state index is 0.228. The molecule has 0 atom stereocenters. The minimum Gasteiger partial charge on any atom is -0.224 e. The highest BCUT2D eigenvalue weighted by Gasteiger charge is 1.91. The number of hydrogen-bond acceptors (Lipinski definition) is 3. The van der Waals surface area contributed by atoms with Crippen molar-refractivity contribution in [1.29, 1.82) is 0 Å². The van der Waals surface area contributed by atoms with Crippen molar-refractivity contribution in [2.45, 2.75) is 0 Å². The summed E-state index contributed by atoms with van der Waals surface area (Å²) < 4.78 is 16.6. The fraction of sp³-hybridized carbons (Fsp3) is 0. The summed E-state index contributed by atoms with van der Waals surface area (Å²) in [6.07, 6.45) is 3.64. The van der Waals surface area contributed by atoms with Crippen molar-refractivity contribution in [2.75, 3.05) is 0 Å². The molecule has 0 N–H and O–H groups in total. The van der Waals surface area contributed by atoms with Crippen molar-refractivity contribution in [3.63, 3.8) is 0 Å². The van der Waals surface area contributed by atoms with Crippen LogP contribution in [0.15, 0.2) is 29.8 Å². The van der Waals surface area contributed by atoms with Crippen LogP contribution in [0, 0.1) is 5.82 Å². The van der Waals surface area contributed by atoms with Gasteiger partial charge in [0.1, 0.15) is 11.3 Å². The van der Waals surface area contributed by atoms with Gasteiger partial charge in [-0.15, -0.1) is 0 Å². The quantitative estimate of drug-likeness (QED) is 0.755. The second-order valence-electron chi connectivity index (χ2n) is 2.67. The van der Waals surface area contributed by atoms with Crippen LogP contribution in [0.25, 0.3) is 12.2 Å². The molecule has 0 spiro atoms. The summed E-state index contributed by atoms with van der Waals surface area (Å²) >= 11 is 1.30. The Balaban J connectivity index is 2.15. The molecule has 0 aliphatic heterocycles. The lowest BCUT2D eigenvalue weighted by atomic mass is 10.2. The van der Waals surface area contributed by atoms with Crippen molar-refractivity contribution in [3.05, 3.63) is 47.0 Å². The molecule has 0 amide bonds. The van der Waals surface area contributed by atoms with Gasteiger partial charge in [0.15, 0.2) is 5.82 Å². The highest BCUT2D eigenvalue weighted by atomic mass is 32.1. The molecule has 0 saturated heterocycles. The lowest BCUT2D eigenvalue weighted by Gasteiger charge is -1.91. The van der Waals surface area contributed by atoms with Gasteiger partial charge in [-0.1, -0.05) is 18.2 Å². The summed E-state index contributed by atoms with van der Waals surface area (Å²) in [4.78, 5) is 4.00. The maximum Gasteiger partial charge on any atom is 0.165 e. The Morgan fingerprint density at radius 1 is 1.14 bits per heavy atom. The monoisotopic (exact) mass is 206 g/mol. The van der Waals surface area contributed by atoms with Crippen LogP contribution >= 0.6 is 11.5 Å². The van der Waals surface area contributed by atoms with E-state index in [0.717, 1.165) is 5.56 Å². The third kappa shape index (κ3) is 2.23. The molecule has 1 aromatic heterocycles. The van der Waals surface area contributed by atoms with E-state index in [1.807, 2.05) is 6.08 Å². The molecular weight excluding hydrogens is 199 g/mol. The van der Waals surface area contributed by atoms with Crippen LogP contribution in [0.2, 0.25) is 0 Å². The molecular formula is C10H7FN2S. The largest absolute Gasteiger partial charge is 0.224 e. The van der Waals surface area contributed by atoms with E-state index in [1.165, 1.54) is 23.7 Å². The zero-order valence-electron chi connectivity index (χ0n) is 7.22. The van der Waals surface area contributed by atoms with Crippen LogP contribution in [0.3, 0.4) is 0 Å². The van der Waals surface area contributed by atoms with Crippen LogP contribution in [-0.4, -0.2) is 9.36 Å². The van der Waals surface area contributed by atoms with Crippen molar-refractivity contribution >= 4 is 23.7 Å². The van der Waals surface area contributed by atoms with Gasteiger partial charge < -0.3 is 0 Å². The lowest BCUT2D eigenvalue weighted by molar-refractivity contribution is 0.628. The van der Waals surface area contributed by atoms with Gasteiger partial charge in [0, 0.05) is 0 Å². The Morgan fingerprint density at radius 2 is 1.93 bits per heavy atom. The van der Waals surface area contributed by atoms with Gasteiger partial charge in [-0.2, -0.15) is 4.37 Å². The molecule has 1 aromatic carbocycles. The van der Waals surface area contributed by atoms with E-state index in [2.05, 4.69) is 9.36 Å². The predicted molar refractivity (Wildman–Crippen MR) is 55.2 cm³/mol. The van der Waals surface area contributed by atoms with Crippen LogP contribution < -0.4 is 0 Å². The molecule has 0 bridgehead atoms. The zero-order valence-corrected chi connectivity index (χ0v) is 8.04. The number of aromatic nitrogens is 2. The van der Waals surface area contributed by atoms with Crippen molar-refractivity contribution in [1.82, 2.24) is 9.36 Å². The van der Waals surface area contributed by atoms with E-state index in [-0.39, 0.29) is 5.82 Å². The summed E-state index contributed by atoms with van der Waals surface area (Å²) in [6.45, 7) is 0. The van der Waals surface area contributed by atoms with Gasteiger partial charge in [0.25, 0.3) is 0 Å². The van der Waals surface area contributed by atoms with Gasteiger partial charge in [-0.05, 0) is 35.3 Å². The number of hydrogen-bond donors (Lipinski definition) is 0. The van der Waals surface area contributed by atoms with Gasteiger partial charge in [-0.3, -0.25) is 0 Å². The van der Waals surface area contributed by atoms with E-state index in [0.29, 0.717) is 5.82 Å². The molecule has 1 heterocycles. The first kappa shape index (κ1) is 9.02. The smallest absolute Gasteiger partial charge is 0.165 e. The molecule has 0 unspecified atom stereocenters. The molecule has 2 aromatic rings. The fourth-order valence-corrected chi connectivity index (χ4v) is 1.42. The molecule has 70 valence electrons. The summed E-state index contributed by atoms with van der Waals surface area (Å²) in [5, 5.41) is 0. The van der Waals surface area contributed by atoms with Crippen molar-refractivity contribution in [2.24, 2.45) is 0 Å². The number of halogens is 1.